The van der Waals surface area contributed by atoms with Gasteiger partial charge < -0.3 is 0 Å². The molecule has 0 fully saturated rings. The zero-order chi connectivity index (χ0) is 19.2. The predicted octanol–water partition coefficient (Wildman–Crippen LogP) is 5.36. The molecule has 0 atom stereocenters. The number of rotatable bonds is 4. The Hall–Kier alpha value is -4.13. The lowest BCUT2D eigenvalue weighted by atomic mass is 9.83. The first-order chi connectivity index (χ1) is 13.2. The summed E-state index contributed by atoms with van der Waals surface area (Å²) in [4.78, 5) is 0. The summed E-state index contributed by atoms with van der Waals surface area (Å²) in [6.45, 7) is 3.83. The van der Waals surface area contributed by atoms with Crippen LogP contribution in [0.2, 0.25) is 0 Å². The van der Waals surface area contributed by atoms with Crippen LogP contribution in [0.1, 0.15) is 22.3 Å². The molecule has 0 unspecified atom stereocenters. The van der Waals surface area contributed by atoms with Crippen molar-refractivity contribution in [3.63, 3.8) is 0 Å². The van der Waals surface area contributed by atoms with Gasteiger partial charge in [-0.25, -0.2) is 0 Å². The van der Waals surface area contributed by atoms with Gasteiger partial charge in [0.15, 0.2) is 0 Å². The van der Waals surface area contributed by atoms with Crippen LogP contribution in [-0.4, -0.2) is 0 Å². The third-order valence-electron chi connectivity index (χ3n) is 4.41. The molecule has 0 N–H and O–H groups in total. The predicted molar refractivity (Wildman–Crippen MR) is 105 cm³/mol. The van der Waals surface area contributed by atoms with Crippen LogP contribution in [-0.2, 0) is 6.42 Å². The zero-order valence-corrected chi connectivity index (χ0v) is 14.6. The van der Waals surface area contributed by atoms with E-state index in [-0.39, 0.29) is 0 Å². The SMILES string of the molecule is C=CCc1ccc(C#N)c(-c2ccccc2C#N)c1-c1ccccc1C#N. The normalized spacial score (nSPS) is 9.67. The average Bonchev–Trinajstić information content (AvgIpc) is 2.73. The van der Waals surface area contributed by atoms with Gasteiger partial charge in [-0.2, -0.15) is 15.8 Å². The molecule has 0 radical (unpaired) electrons. The summed E-state index contributed by atoms with van der Waals surface area (Å²) in [5.41, 5.74) is 5.34. The van der Waals surface area contributed by atoms with Crippen molar-refractivity contribution in [2.45, 2.75) is 6.42 Å². The van der Waals surface area contributed by atoms with E-state index in [0.29, 0.717) is 34.2 Å². The second kappa shape index (κ2) is 7.83. The van der Waals surface area contributed by atoms with Crippen molar-refractivity contribution in [2.24, 2.45) is 0 Å². The minimum Gasteiger partial charge on any atom is -0.192 e. The summed E-state index contributed by atoms with van der Waals surface area (Å²) in [5, 5.41) is 28.9. The monoisotopic (exact) mass is 345 g/mol. The van der Waals surface area contributed by atoms with Crippen molar-refractivity contribution < 1.29 is 0 Å². The molecule has 0 aliphatic heterocycles. The van der Waals surface area contributed by atoms with Gasteiger partial charge >= 0.3 is 0 Å². The maximum absolute atomic E-state index is 9.74. The molecule has 0 heterocycles. The Morgan fingerprint density at radius 3 is 1.70 bits per heavy atom. The molecule has 3 aromatic rings. The summed E-state index contributed by atoms with van der Waals surface area (Å²) in [7, 11) is 0. The Morgan fingerprint density at radius 1 is 0.667 bits per heavy atom. The molecule has 3 aromatic carbocycles. The first kappa shape index (κ1) is 17.7. The lowest BCUT2D eigenvalue weighted by Gasteiger charge is -2.18. The number of nitrogens with zero attached hydrogens (tertiary/aromatic N) is 3. The Bertz CT molecular complexity index is 1150. The molecule has 0 aliphatic carbocycles. The molecular weight excluding hydrogens is 330 g/mol. The summed E-state index contributed by atoms with van der Waals surface area (Å²) in [5.74, 6) is 0. The van der Waals surface area contributed by atoms with Gasteiger partial charge in [-0.05, 0) is 35.7 Å². The van der Waals surface area contributed by atoms with E-state index in [1.165, 1.54) is 0 Å². The van der Waals surface area contributed by atoms with E-state index < -0.39 is 0 Å². The molecule has 3 rings (SSSR count). The van der Waals surface area contributed by atoms with Crippen molar-refractivity contribution in [2.75, 3.05) is 0 Å². The number of hydrogen-bond acceptors (Lipinski definition) is 3. The van der Waals surface area contributed by atoms with Crippen LogP contribution in [0.15, 0.2) is 73.3 Å². The minimum absolute atomic E-state index is 0.466. The second-order valence-corrected chi connectivity index (χ2v) is 5.94. The first-order valence-electron chi connectivity index (χ1n) is 8.41. The fraction of sp³-hybridized carbons (Fsp3) is 0.0417. The molecule has 0 bridgehead atoms. The van der Waals surface area contributed by atoms with Crippen LogP contribution in [0.3, 0.4) is 0 Å². The van der Waals surface area contributed by atoms with E-state index in [4.69, 9.17) is 0 Å². The van der Waals surface area contributed by atoms with E-state index in [9.17, 15) is 15.8 Å². The molecule has 0 saturated heterocycles. The molecule has 126 valence electrons. The lowest BCUT2D eigenvalue weighted by molar-refractivity contribution is 1.27. The Kier molecular flexibility index (Phi) is 5.13. The average molecular weight is 345 g/mol. The summed E-state index contributed by atoms with van der Waals surface area (Å²) in [6.07, 6.45) is 2.38. The zero-order valence-electron chi connectivity index (χ0n) is 14.6. The van der Waals surface area contributed by atoms with Gasteiger partial charge in [0, 0.05) is 16.7 Å². The standard InChI is InChI=1S/C24H15N3/c1-2-7-17-12-13-20(16-27)24(22-11-6-4-9-19(22)15-26)23(17)21-10-5-3-8-18(21)14-25/h2-6,8-13H,1,7H2. The number of allylic oxidation sites excluding steroid dienone is 1. The van der Waals surface area contributed by atoms with Crippen molar-refractivity contribution in [3.8, 4) is 40.5 Å². The maximum Gasteiger partial charge on any atom is 0.0998 e. The summed E-state index contributed by atoms with van der Waals surface area (Å²) in [6, 6.07) is 24.9. The molecule has 0 aliphatic rings. The van der Waals surface area contributed by atoms with Crippen LogP contribution in [0, 0.1) is 34.0 Å². The topological polar surface area (TPSA) is 71.4 Å². The third-order valence-corrected chi connectivity index (χ3v) is 4.41. The highest BCUT2D eigenvalue weighted by molar-refractivity contribution is 5.93. The summed E-state index contributed by atoms with van der Waals surface area (Å²) >= 11 is 0. The fourth-order valence-corrected chi connectivity index (χ4v) is 3.25. The molecular formula is C24H15N3. The quantitative estimate of drug-likeness (QED) is 0.597. The third kappa shape index (κ3) is 3.21. The smallest absolute Gasteiger partial charge is 0.0998 e. The maximum atomic E-state index is 9.74. The van der Waals surface area contributed by atoms with E-state index in [1.807, 2.05) is 36.4 Å². The van der Waals surface area contributed by atoms with Crippen molar-refractivity contribution >= 4 is 0 Å². The minimum atomic E-state index is 0.466. The highest BCUT2D eigenvalue weighted by Gasteiger charge is 2.20. The van der Waals surface area contributed by atoms with Crippen LogP contribution >= 0.6 is 0 Å². The fourth-order valence-electron chi connectivity index (χ4n) is 3.25. The van der Waals surface area contributed by atoms with Gasteiger partial charge in [-0.3, -0.25) is 0 Å². The van der Waals surface area contributed by atoms with E-state index >= 15 is 0 Å². The summed E-state index contributed by atoms with van der Waals surface area (Å²) < 4.78 is 0. The molecule has 27 heavy (non-hydrogen) atoms. The highest BCUT2D eigenvalue weighted by atomic mass is 14.3. The molecule has 3 heteroatoms. The van der Waals surface area contributed by atoms with Gasteiger partial charge in [-0.1, -0.05) is 48.5 Å². The largest absolute Gasteiger partial charge is 0.192 e. The molecule has 0 saturated carbocycles. The first-order valence-corrected chi connectivity index (χ1v) is 8.41. The van der Waals surface area contributed by atoms with Gasteiger partial charge in [-0.15, -0.1) is 6.58 Å². The molecule has 3 nitrogen and oxygen atoms in total. The van der Waals surface area contributed by atoms with Gasteiger partial charge in [0.25, 0.3) is 0 Å². The second-order valence-electron chi connectivity index (χ2n) is 5.94. The Morgan fingerprint density at radius 2 is 1.19 bits per heavy atom. The Labute approximate surface area is 158 Å². The lowest BCUT2D eigenvalue weighted by Crippen LogP contribution is -1.99. The van der Waals surface area contributed by atoms with E-state index in [2.05, 4.69) is 24.8 Å². The van der Waals surface area contributed by atoms with Gasteiger partial charge in [0.05, 0.1) is 34.9 Å². The number of nitriles is 3. The van der Waals surface area contributed by atoms with E-state index in [1.54, 1.807) is 30.3 Å². The van der Waals surface area contributed by atoms with Gasteiger partial charge in [0.1, 0.15) is 0 Å². The van der Waals surface area contributed by atoms with Crippen molar-refractivity contribution in [3.05, 3.63) is 95.6 Å². The Balaban J connectivity index is 2.51. The van der Waals surface area contributed by atoms with Crippen LogP contribution in [0.4, 0.5) is 0 Å². The molecule has 0 aromatic heterocycles. The van der Waals surface area contributed by atoms with Gasteiger partial charge in [0.2, 0.25) is 0 Å². The van der Waals surface area contributed by atoms with Crippen molar-refractivity contribution in [1.82, 2.24) is 0 Å². The van der Waals surface area contributed by atoms with Crippen LogP contribution in [0.25, 0.3) is 22.3 Å². The highest BCUT2D eigenvalue weighted by Crippen LogP contribution is 2.40. The van der Waals surface area contributed by atoms with Crippen molar-refractivity contribution in [1.29, 1.82) is 15.8 Å². The van der Waals surface area contributed by atoms with Crippen LogP contribution in [0.5, 0.6) is 0 Å². The molecule has 0 spiro atoms. The number of hydrogen-bond donors (Lipinski definition) is 0. The number of benzene rings is 3. The molecule has 0 amide bonds. The van der Waals surface area contributed by atoms with Crippen LogP contribution < -0.4 is 0 Å². The van der Waals surface area contributed by atoms with E-state index in [0.717, 1.165) is 16.7 Å².